The maximum absolute atomic E-state index is 11.9. The van der Waals surface area contributed by atoms with Gasteiger partial charge in [-0.3, -0.25) is 0 Å². The van der Waals surface area contributed by atoms with Crippen molar-refractivity contribution in [1.82, 2.24) is 5.32 Å². The molecule has 2 rings (SSSR count). The third kappa shape index (κ3) is 4.33. The van der Waals surface area contributed by atoms with E-state index in [1.807, 2.05) is 0 Å². The first-order valence-corrected chi connectivity index (χ1v) is 5.37. The summed E-state index contributed by atoms with van der Waals surface area (Å²) in [5.74, 6) is -0.288. The second-order valence-electron chi connectivity index (χ2n) is 3.83. The van der Waals surface area contributed by atoms with Crippen molar-refractivity contribution >= 4 is 6.29 Å². The van der Waals surface area contributed by atoms with Gasteiger partial charge in [-0.2, -0.15) is 0 Å². The molecule has 0 bridgehead atoms. The van der Waals surface area contributed by atoms with Gasteiger partial charge in [-0.15, -0.1) is 0 Å². The Kier molecular flexibility index (Phi) is 5.30. The summed E-state index contributed by atoms with van der Waals surface area (Å²) in [5.41, 5.74) is 1.84. The van der Waals surface area contributed by atoms with Crippen LogP contribution in [0, 0.1) is 11.7 Å². The molecule has 1 aliphatic rings. The highest BCUT2D eigenvalue weighted by Gasteiger charge is 2.18. The fourth-order valence-corrected chi connectivity index (χ4v) is 1.50. The highest BCUT2D eigenvalue weighted by atomic mass is 19.1. The minimum absolute atomic E-state index is 0.110. The van der Waals surface area contributed by atoms with Gasteiger partial charge in [0.15, 0.2) is 0 Å². The van der Waals surface area contributed by atoms with Gasteiger partial charge in [0.25, 0.3) is 0 Å². The Bertz CT molecular complexity index is 384. The summed E-state index contributed by atoms with van der Waals surface area (Å²) in [6.45, 7) is 9.00. The lowest BCUT2D eigenvalue weighted by Gasteiger charge is -2.22. The van der Waals surface area contributed by atoms with Gasteiger partial charge in [0.1, 0.15) is 12.1 Å². The second-order valence-corrected chi connectivity index (χ2v) is 3.83. The zero-order chi connectivity index (χ0) is 12.7. The topological polar surface area (TPSA) is 29.1 Å². The van der Waals surface area contributed by atoms with Gasteiger partial charge in [0, 0.05) is 13.1 Å². The van der Waals surface area contributed by atoms with E-state index in [4.69, 9.17) is 0 Å². The fourth-order valence-electron chi connectivity index (χ4n) is 1.50. The smallest absolute Gasteiger partial charge is 0.131 e. The van der Waals surface area contributed by atoms with Crippen LogP contribution in [-0.4, -0.2) is 19.4 Å². The number of benzene rings is 1. The molecule has 0 amide bonds. The largest absolute Gasteiger partial charge is 0.309 e. The number of halogens is 1. The summed E-state index contributed by atoms with van der Waals surface area (Å²) in [4.78, 5) is 10.4. The molecule has 1 N–H and O–H groups in total. The van der Waals surface area contributed by atoms with Gasteiger partial charge >= 0.3 is 0 Å². The number of nitrogens with one attached hydrogen (secondary N) is 1. The fraction of sp³-hybridized carbons (Fsp3) is 0.214. The lowest BCUT2D eigenvalue weighted by atomic mass is 9.91. The highest BCUT2D eigenvalue weighted by Crippen LogP contribution is 2.17. The highest BCUT2D eigenvalue weighted by molar-refractivity contribution is 5.64. The normalized spacial score (nSPS) is 16.1. The van der Waals surface area contributed by atoms with E-state index in [0.29, 0.717) is 0 Å². The summed E-state index contributed by atoms with van der Waals surface area (Å²) < 4.78 is 11.9. The molecule has 1 heterocycles. The van der Waals surface area contributed by atoms with E-state index in [1.165, 1.54) is 12.1 Å². The SMILES string of the molecule is C=C1CNCC(=C)C1C=O.Fc1ccccc1. The van der Waals surface area contributed by atoms with Gasteiger partial charge in [-0.1, -0.05) is 31.4 Å². The average molecular weight is 233 g/mol. The molecule has 1 aromatic rings. The number of aldehydes is 1. The van der Waals surface area contributed by atoms with E-state index in [9.17, 15) is 9.18 Å². The zero-order valence-electron chi connectivity index (χ0n) is 9.66. The van der Waals surface area contributed by atoms with Crippen LogP contribution in [0.1, 0.15) is 0 Å². The van der Waals surface area contributed by atoms with Crippen molar-refractivity contribution in [3.63, 3.8) is 0 Å². The van der Waals surface area contributed by atoms with Gasteiger partial charge in [-0.05, 0) is 23.3 Å². The van der Waals surface area contributed by atoms with Gasteiger partial charge in [0.05, 0.1) is 5.92 Å². The summed E-state index contributed by atoms with van der Waals surface area (Å²) in [6, 6.07) is 7.94. The number of piperidine rings is 1. The lowest BCUT2D eigenvalue weighted by Crippen LogP contribution is -2.32. The minimum Gasteiger partial charge on any atom is -0.309 e. The van der Waals surface area contributed by atoms with Crippen LogP contribution in [0.25, 0.3) is 0 Å². The van der Waals surface area contributed by atoms with Gasteiger partial charge in [0.2, 0.25) is 0 Å². The number of rotatable bonds is 1. The molecule has 1 saturated heterocycles. The molecule has 1 fully saturated rings. The van der Waals surface area contributed by atoms with Crippen molar-refractivity contribution in [2.75, 3.05) is 13.1 Å². The molecule has 0 atom stereocenters. The van der Waals surface area contributed by atoms with Crippen molar-refractivity contribution in [1.29, 1.82) is 0 Å². The first-order chi connectivity index (χ1) is 8.15. The summed E-state index contributed by atoms with van der Waals surface area (Å²) in [6.07, 6.45) is 0.908. The monoisotopic (exact) mass is 233 g/mol. The van der Waals surface area contributed by atoms with Crippen LogP contribution in [0.15, 0.2) is 54.6 Å². The van der Waals surface area contributed by atoms with Crippen LogP contribution in [0.4, 0.5) is 4.39 Å². The predicted octanol–water partition coefficient (Wildman–Crippen LogP) is 2.34. The quantitative estimate of drug-likeness (QED) is 0.596. The van der Waals surface area contributed by atoms with E-state index < -0.39 is 0 Å². The molecule has 1 aromatic carbocycles. The molecule has 0 saturated carbocycles. The molecule has 0 radical (unpaired) electrons. The maximum atomic E-state index is 11.9. The Hall–Kier alpha value is -1.74. The van der Waals surface area contributed by atoms with Gasteiger partial charge < -0.3 is 10.1 Å². The predicted molar refractivity (Wildman–Crippen MR) is 67.1 cm³/mol. The number of carbonyl (C=O) groups excluding carboxylic acids is 1. The Morgan fingerprint density at radius 3 is 2.00 bits per heavy atom. The van der Waals surface area contributed by atoms with E-state index in [2.05, 4.69) is 18.5 Å². The molecule has 0 aliphatic carbocycles. The van der Waals surface area contributed by atoms with Crippen LogP contribution >= 0.6 is 0 Å². The van der Waals surface area contributed by atoms with Crippen molar-refractivity contribution in [2.24, 2.45) is 5.92 Å². The zero-order valence-corrected chi connectivity index (χ0v) is 9.66. The maximum Gasteiger partial charge on any atom is 0.131 e. The molecular weight excluding hydrogens is 217 g/mol. The standard InChI is InChI=1S/C8H11NO.C6H5F/c1-6-3-9-4-7(2)8(6)5-10;7-6-4-2-1-3-5-6/h5,8-9H,1-4H2;1-5H. The minimum atomic E-state index is -0.178. The Morgan fingerprint density at radius 2 is 1.71 bits per heavy atom. The Morgan fingerprint density at radius 1 is 1.18 bits per heavy atom. The van der Waals surface area contributed by atoms with Crippen LogP contribution in [0.2, 0.25) is 0 Å². The third-order valence-corrected chi connectivity index (χ3v) is 2.45. The van der Waals surface area contributed by atoms with E-state index >= 15 is 0 Å². The summed E-state index contributed by atoms with van der Waals surface area (Å²) in [5, 5.41) is 3.09. The lowest BCUT2D eigenvalue weighted by molar-refractivity contribution is -0.109. The first-order valence-electron chi connectivity index (χ1n) is 5.37. The van der Waals surface area contributed by atoms with E-state index in [-0.39, 0.29) is 11.7 Å². The van der Waals surface area contributed by atoms with Gasteiger partial charge in [-0.25, -0.2) is 4.39 Å². The number of hydrogen-bond donors (Lipinski definition) is 1. The molecule has 0 spiro atoms. The van der Waals surface area contributed by atoms with E-state index in [0.717, 1.165) is 30.5 Å². The average Bonchev–Trinajstić information content (AvgIpc) is 2.31. The molecule has 2 nitrogen and oxygen atoms in total. The first kappa shape index (κ1) is 13.3. The van der Waals surface area contributed by atoms with Crippen LogP contribution in [-0.2, 0) is 4.79 Å². The molecule has 90 valence electrons. The van der Waals surface area contributed by atoms with Crippen LogP contribution in [0.3, 0.4) is 0 Å². The molecule has 17 heavy (non-hydrogen) atoms. The van der Waals surface area contributed by atoms with Crippen molar-refractivity contribution in [2.45, 2.75) is 0 Å². The Balaban J connectivity index is 0.000000181. The van der Waals surface area contributed by atoms with E-state index in [1.54, 1.807) is 18.2 Å². The number of carbonyl (C=O) groups is 1. The molecular formula is C14H16FNO. The third-order valence-electron chi connectivity index (χ3n) is 2.45. The molecule has 1 aliphatic heterocycles. The summed E-state index contributed by atoms with van der Waals surface area (Å²) >= 11 is 0. The Labute approximate surface area is 101 Å². The molecule has 0 aromatic heterocycles. The van der Waals surface area contributed by atoms with Crippen molar-refractivity contribution in [3.05, 3.63) is 60.5 Å². The van der Waals surface area contributed by atoms with Crippen molar-refractivity contribution in [3.8, 4) is 0 Å². The van der Waals surface area contributed by atoms with Crippen LogP contribution < -0.4 is 5.32 Å². The summed E-state index contributed by atoms with van der Waals surface area (Å²) in [7, 11) is 0. The molecule has 3 heteroatoms. The van der Waals surface area contributed by atoms with Crippen molar-refractivity contribution < 1.29 is 9.18 Å². The number of hydrogen-bond acceptors (Lipinski definition) is 2. The second kappa shape index (κ2) is 6.76. The van der Waals surface area contributed by atoms with Crippen LogP contribution in [0.5, 0.6) is 0 Å². The molecule has 0 unspecified atom stereocenters.